The predicted molar refractivity (Wildman–Crippen MR) is 102 cm³/mol. The minimum absolute atomic E-state index is 0.173. The zero-order valence-electron chi connectivity index (χ0n) is 15.2. The number of anilines is 1. The van der Waals surface area contributed by atoms with E-state index in [1.807, 2.05) is 12.1 Å². The summed E-state index contributed by atoms with van der Waals surface area (Å²) >= 11 is 0. The zero-order valence-corrected chi connectivity index (χ0v) is 15.2. The second-order valence-electron chi connectivity index (χ2n) is 6.01. The fourth-order valence-corrected chi connectivity index (χ4v) is 2.40. The van der Waals surface area contributed by atoms with Crippen molar-refractivity contribution < 1.29 is 19.1 Å². The third-order valence-corrected chi connectivity index (χ3v) is 3.83. The molecule has 0 fully saturated rings. The Bertz CT molecular complexity index is 875. The maximum Gasteiger partial charge on any atom is 0.329 e. The number of hydrogen-bond acceptors (Lipinski definition) is 5. The topological polar surface area (TPSA) is 134 Å². The molecule has 4 N–H and O–H groups in total. The van der Waals surface area contributed by atoms with Crippen LogP contribution >= 0.6 is 0 Å². The Balaban J connectivity index is 1.98. The van der Waals surface area contributed by atoms with Crippen LogP contribution in [0.2, 0.25) is 0 Å². The zero-order chi connectivity index (χ0) is 20.5. The highest BCUT2D eigenvalue weighted by molar-refractivity contribution is 5.95. The molecule has 0 saturated heterocycles. The van der Waals surface area contributed by atoms with Gasteiger partial charge in [-0.25, -0.2) is 9.59 Å². The maximum atomic E-state index is 12.4. The lowest BCUT2D eigenvalue weighted by Crippen LogP contribution is -2.47. The number of amides is 3. The van der Waals surface area contributed by atoms with Crippen molar-refractivity contribution in [3.05, 3.63) is 65.7 Å². The second-order valence-corrected chi connectivity index (χ2v) is 6.01. The van der Waals surface area contributed by atoms with Crippen LogP contribution in [0.15, 0.2) is 54.6 Å². The number of nitrogens with one attached hydrogen (secondary N) is 2. The SMILES string of the molecule is C[C@@H](OC(=O)[C@@H](Cc1ccccc1)NC(N)=O)C(=O)Nc1ccc(C#N)cc1. The van der Waals surface area contributed by atoms with Crippen molar-refractivity contribution in [3.63, 3.8) is 0 Å². The maximum absolute atomic E-state index is 12.4. The first-order valence-electron chi connectivity index (χ1n) is 8.50. The average Bonchev–Trinajstić information content (AvgIpc) is 2.68. The Kier molecular flexibility index (Phi) is 7.11. The third-order valence-electron chi connectivity index (χ3n) is 3.83. The van der Waals surface area contributed by atoms with Crippen LogP contribution in [0.25, 0.3) is 0 Å². The van der Waals surface area contributed by atoms with Gasteiger partial charge in [-0.3, -0.25) is 4.79 Å². The first kappa shape index (κ1) is 20.5. The van der Waals surface area contributed by atoms with E-state index in [2.05, 4.69) is 10.6 Å². The van der Waals surface area contributed by atoms with E-state index in [-0.39, 0.29) is 6.42 Å². The fourth-order valence-electron chi connectivity index (χ4n) is 2.40. The molecule has 2 aromatic carbocycles. The van der Waals surface area contributed by atoms with Crippen LogP contribution in [-0.4, -0.2) is 30.1 Å². The summed E-state index contributed by atoms with van der Waals surface area (Å²) in [5.74, 6) is -1.32. The number of esters is 1. The third kappa shape index (κ3) is 6.14. The smallest absolute Gasteiger partial charge is 0.329 e. The van der Waals surface area contributed by atoms with Crippen LogP contribution in [0.3, 0.4) is 0 Å². The molecular weight excluding hydrogens is 360 g/mol. The van der Waals surface area contributed by atoms with Gasteiger partial charge in [-0.1, -0.05) is 30.3 Å². The van der Waals surface area contributed by atoms with Crippen LogP contribution in [0.1, 0.15) is 18.1 Å². The first-order valence-corrected chi connectivity index (χ1v) is 8.50. The number of benzene rings is 2. The molecule has 2 aromatic rings. The number of carbonyl (C=O) groups is 3. The van der Waals surface area contributed by atoms with Crippen molar-refractivity contribution in [3.8, 4) is 6.07 Å². The second kappa shape index (κ2) is 9.73. The van der Waals surface area contributed by atoms with E-state index in [4.69, 9.17) is 15.7 Å². The molecule has 28 heavy (non-hydrogen) atoms. The summed E-state index contributed by atoms with van der Waals surface area (Å²) in [6, 6.07) is 15.4. The van der Waals surface area contributed by atoms with Crippen molar-refractivity contribution in [1.29, 1.82) is 5.26 Å². The van der Waals surface area contributed by atoms with Crippen molar-refractivity contribution in [2.24, 2.45) is 5.73 Å². The number of urea groups is 1. The molecule has 0 saturated carbocycles. The van der Waals surface area contributed by atoms with Gasteiger partial charge in [0, 0.05) is 12.1 Å². The van der Waals surface area contributed by atoms with Gasteiger partial charge in [0.1, 0.15) is 6.04 Å². The van der Waals surface area contributed by atoms with Crippen LogP contribution < -0.4 is 16.4 Å². The summed E-state index contributed by atoms with van der Waals surface area (Å²) in [5.41, 5.74) is 6.86. The number of nitriles is 1. The molecule has 0 aliphatic carbocycles. The summed E-state index contributed by atoms with van der Waals surface area (Å²) in [6.45, 7) is 1.42. The highest BCUT2D eigenvalue weighted by atomic mass is 16.5. The van der Waals surface area contributed by atoms with Crippen molar-refractivity contribution in [2.75, 3.05) is 5.32 Å². The molecule has 0 spiro atoms. The fraction of sp³-hybridized carbons (Fsp3) is 0.200. The van der Waals surface area contributed by atoms with E-state index in [9.17, 15) is 14.4 Å². The summed E-state index contributed by atoms with van der Waals surface area (Å²) in [7, 11) is 0. The van der Waals surface area contributed by atoms with Gasteiger partial charge in [-0.05, 0) is 36.8 Å². The molecule has 2 atom stereocenters. The highest BCUT2D eigenvalue weighted by Crippen LogP contribution is 2.11. The number of primary amides is 1. The van der Waals surface area contributed by atoms with Gasteiger partial charge in [-0.2, -0.15) is 5.26 Å². The van der Waals surface area contributed by atoms with Gasteiger partial charge in [-0.15, -0.1) is 0 Å². The lowest BCUT2D eigenvalue weighted by molar-refractivity contribution is -0.155. The Morgan fingerprint density at radius 3 is 2.32 bits per heavy atom. The lowest BCUT2D eigenvalue weighted by Gasteiger charge is -2.19. The van der Waals surface area contributed by atoms with Crippen LogP contribution in [0, 0.1) is 11.3 Å². The number of nitrogens with two attached hydrogens (primary N) is 1. The molecule has 8 nitrogen and oxygen atoms in total. The van der Waals surface area contributed by atoms with Gasteiger partial charge in [0.2, 0.25) is 0 Å². The Labute approximate surface area is 162 Å². The number of nitrogens with zero attached hydrogens (tertiary/aromatic N) is 1. The lowest BCUT2D eigenvalue weighted by atomic mass is 10.1. The van der Waals surface area contributed by atoms with E-state index in [0.29, 0.717) is 11.3 Å². The Morgan fingerprint density at radius 1 is 1.11 bits per heavy atom. The van der Waals surface area contributed by atoms with Crippen molar-refractivity contribution >= 4 is 23.6 Å². The van der Waals surface area contributed by atoms with Gasteiger partial charge >= 0.3 is 12.0 Å². The van der Waals surface area contributed by atoms with E-state index < -0.39 is 30.1 Å². The van der Waals surface area contributed by atoms with Gasteiger partial charge in [0.25, 0.3) is 5.91 Å². The van der Waals surface area contributed by atoms with E-state index in [1.165, 1.54) is 6.92 Å². The first-order chi connectivity index (χ1) is 13.4. The monoisotopic (exact) mass is 380 g/mol. The van der Waals surface area contributed by atoms with Gasteiger partial charge in [0.15, 0.2) is 6.10 Å². The number of ether oxygens (including phenoxy) is 1. The molecular formula is C20H20N4O4. The molecule has 144 valence electrons. The summed E-state index contributed by atoms with van der Waals surface area (Å²) in [5, 5.41) is 13.7. The molecule has 3 amide bonds. The molecule has 0 unspecified atom stereocenters. The quantitative estimate of drug-likeness (QED) is 0.629. The number of rotatable bonds is 7. The molecule has 0 aromatic heterocycles. The molecule has 0 heterocycles. The standard InChI is InChI=1S/C20H20N4O4/c1-13(18(25)23-16-9-7-15(12-21)8-10-16)28-19(26)17(24-20(22)27)11-14-5-3-2-4-6-14/h2-10,13,17H,11H2,1H3,(H,23,25)(H3,22,24,27)/t13-,17-/m1/s1. The summed E-state index contributed by atoms with van der Waals surface area (Å²) in [6.07, 6.45) is -0.928. The average molecular weight is 380 g/mol. The van der Waals surface area contributed by atoms with E-state index in [1.54, 1.807) is 48.5 Å². The van der Waals surface area contributed by atoms with Crippen LogP contribution in [0.5, 0.6) is 0 Å². The van der Waals surface area contributed by atoms with Crippen molar-refractivity contribution in [1.82, 2.24) is 5.32 Å². The summed E-state index contributed by atoms with van der Waals surface area (Å²) in [4.78, 5) is 35.9. The van der Waals surface area contributed by atoms with Crippen molar-refractivity contribution in [2.45, 2.75) is 25.5 Å². The minimum atomic E-state index is -1.10. The van der Waals surface area contributed by atoms with Gasteiger partial charge in [0.05, 0.1) is 11.6 Å². The van der Waals surface area contributed by atoms with E-state index >= 15 is 0 Å². The Hall–Kier alpha value is -3.86. The van der Waals surface area contributed by atoms with Crippen LogP contribution in [0.4, 0.5) is 10.5 Å². The number of carbonyl (C=O) groups excluding carboxylic acids is 3. The molecule has 0 aliphatic rings. The van der Waals surface area contributed by atoms with E-state index in [0.717, 1.165) is 5.56 Å². The van der Waals surface area contributed by atoms with Crippen LogP contribution in [-0.2, 0) is 20.7 Å². The molecule has 0 aliphatic heterocycles. The summed E-state index contributed by atoms with van der Waals surface area (Å²) < 4.78 is 5.19. The molecule has 0 radical (unpaired) electrons. The predicted octanol–water partition coefficient (Wildman–Crippen LogP) is 1.71. The molecule has 0 bridgehead atoms. The normalized spacial score (nSPS) is 12.1. The van der Waals surface area contributed by atoms with Gasteiger partial charge < -0.3 is 21.1 Å². The molecule has 2 rings (SSSR count). The minimum Gasteiger partial charge on any atom is -0.451 e. The highest BCUT2D eigenvalue weighted by Gasteiger charge is 2.26. The largest absolute Gasteiger partial charge is 0.451 e. The number of hydrogen-bond donors (Lipinski definition) is 3. The molecule has 8 heteroatoms. The Morgan fingerprint density at radius 2 is 1.75 bits per heavy atom.